The summed E-state index contributed by atoms with van der Waals surface area (Å²) >= 11 is 0. The number of ketones is 2. The molecule has 4 N–H and O–H groups in total. The average molecular weight is 508 g/mol. The second-order valence-electron chi connectivity index (χ2n) is 9.15. The maximum atomic E-state index is 12.8. The van der Waals surface area contributed by atoms with Gasteiger partial charge in [0.25, 0.3) is 0 Å². The maximum absolute atomic E-state index is 12.8. The number of hydrogen-bond donors (Lipinski definition) is 4. The Balaban J connectivity index is 1.41. The lowest BCUT2D eigenvalue weighted by atomic mass is 9.86. The maximum Gasteiger partial charge on any atom is 0.347 e. The van der Waals surface area contributed by atoms with Crippen LogP contribution in [0.25, 0.3) is 10.8 Å². The van der Waals surface area contributed by atoms with Crippen LogP contribution < -0.4 is 15.1 Å². The van der Waals surface area contributed by atoms with Crippen LogP contribution >= 0.6 is 0 Å². The van der Waals surface area contributed by atoms with Crippen molar-refractivity contribution in [3.63, 3.8) is 0 Å². The molecule has 1 unspecified atom stereocenters. The van der Waals surface area contributed by atoms with Gasteiger partial charge in [-0.05, 0) is 24.4 Å². The Morgan fingerprint density at radius 2 is 1.70 bits per heavy atom. The summed E-state index contributed by atoms with van der Waals surface area (Å²) in [5.74, 6) is -6.80. The quantitative estimate of drug-likeness (QED) is 0.276. The average Bonchev–Trinajstić information content (AvgIpc) is 3.60. The van der Waals surface area contributed by atoms with E-state index in [2.05, 4.69) is 0 Å². The number of phenolic OH excluding ortho intramolecular Hbond substituents is 3. The Morgan fingerprint density at radius 3 is 2.43 bits per heavy atom. The summed E-state index contributed by atoms with van der Waals surface area (Å²) in [4.78, 5) is 38.0. The topological polar surface area (TPSA) is 185 Å². The van der Waals surface area contributed by atoms with Gasteiger partial charge in [-0.25, -0.2) is 4.79 Å². The van der Waals surface area contributed by atoms with Gasteiger partial charge in [-0.2, -0.15) is 0 Å². The molecule has 0 saturated carbocycles. The fourth-order valence-electron chi connectivity index (χ4n) is 5.43. The van der Waals surface area contributed by atoms with Crippen molar-refractivity contribution >= 4 is 22.3 Å². The summed E-state index contributed by atoms with van der Waals surface area (Å²) in [6, 6.07) is 3.15. The van der Waals surface area contributed by atoms with E-state index in [-0.39, 0.29) is 16.9 Å². The van der Waals surface area contributed by atoms with Gasteiger partial charge < -0.3 is 43.8 Å². The van der Waals surface area contributed by atoms with E-state index in [4.69, 9.17) is 23.4 Å². The second-order valence-corrected chi connectivity index (χ2v) is 9.15. The Kier molecular flexibility index (Phi) is 3.87. The van der Waals surface area contributed by atoms with E-state index >= 15 is 0 Å². The van der Waals surface area contributed by atoms with Gasteiger partial charge in [-0.3, -0.25) is 9.59 Å². The molecular formula is C25H16O12. The van der Waals surface area contributed by atoms with E-state index in [9.17, 15) is 34.8 Å². The number of Topliss-reactive ketones (excluding diaryl/α,β-unsaturated/α-hetero) is 1. The fourth-order valence-corrected chi connectivity index (χ4v) is 5.43. The van der Waals surface area contributed by atoms with E-state index in [1.165, 1.54) is 0 Å². The number of aliphatic hydroxyl groups excluding tert-OH is 1. The van der Waals surface area contributed by atoms with Gasteiger partial charge in [0.2, 0.25) is 5.78 Å². The summed E-state index contributed by atoms with van der Waals surface area (Å²) in [7, 11) is 1.16. The number of ether oxygens (including phenoxy) is 4. The molecule has 4 aliphatic rings. The predicted octanol–water partition coefficient (Wildman–Crippen LogP) is 1.78. The zero-order valence-electron chi connectivity index (χ0n) is 19.0. The summed E-state index contributed by atoms with van der Waals surface area (Å²) in [5.41, 5.74) is -1.93. The lowest BCUT2D eigenvalue weighted by molar-refractivity contribution is -0.185. The van der Waals surface area contributed by atoms with E-state index in [1.54, 1.807) is 19.1 Å². The third-order valence-electron chi connectivity index (χ3n) is 7.12. The Bertz CT molecular complexity index is 1730. The first-order valence-corrected chi connectivity index (χ1v) is 11.1. The first-order chi connectivity index (χ1) is 17.6. The van der Waals surface area contributed by atoms with Gasteiger partial charge in [0.15, 0.2) is 46.7 Å². The minimum atomic E-state index is -2.14. The molecule has 1 aliphatic carbocycles. The van der Waals surface area contributed by atoms with Gasteiger partial charge in [-0.1, -0.05) is 0 Å². The van der Waals surface area contributed by atoms with Gasteiger partial charge in [0.05, 0.1) is 23.8 Å². The normalized spacial score (nSPS) is 26.6. The summed E-state index contributed by atoms with van der Waals surface area (Å²) in [6.07, 6.45) is -2.71. The lowest BCUT2D eigenvalue weighted by Crippen LogP contribution is -2.51. The summed E-state index contributed by atoms with van der Waals surface area (Å²) in [6.45, 7) is 1.58. The summed E-state index contributed by atoms with van der Waals surface area (Å²) in [5, 5.41) is 44.5. The smallest absolute Gasteiger partial charge is 0.347 e. The molecule has 3 aliphatic heterocycles. The molecule has 3 aromatic rings. The number of methoxy groups -OCH3 is 1. The van der Waals surface area contributed by atoms with Crippen LogP contribution in [0, 0.1) is 6.92 Å². The number of hydrogen-bond acceptors (Lipinski definition) is 12. The van der Waals surface area contributed by atoms with E-state index in [0.717, 1.165) is 13.2 Å². The van der Waals surface area contributed by atoms with Crippen molar-refractivity contribution in [1.82, 2.24) is 0 Å². The monoisotopic (exact) mass is 508 g/mol. The molecule has 1 spiro atoms. The van der Waals surface area contributed by atoms with Gasteiger partial charge in [0, 0.05) is 11.6 Å². The number of epoxide rings is 1. The van der Waals surface area contributed by atoms with Crippen molar-refractivity contribution in [2.24, 2.45) is 0 Å². The third-order valence-corrected chi connectivity index (χ3v) is 7.12. The number of carbonyl (C=O) groups excluding carboxylic acids is 2. The van der Waals surface area contributed by atoms with Crippen molar-refractivity contribution in [2.75, 3.05) is 7.11 Å². The number of carbonyl (C=O) groups is 2. The molecule has 37 heavy (non-hydrogen) atoms. The van der Waals surface area contributed by atoms with Crippen LogP contribution in [0.4, 0.5) is 0 Å². The molecule has 2 aromatic carbocycles. The Morgan fingerprint density at radius 1 is 0.973 bits per heavy atom. The van der Waals surface area contributed by atoms with Crippen molar-refractivity contribution in [3.05, 3.63) is 62.4 Å². The first-order valence-electron chi connectivity index (χ1n) is 11.1. The molecule has 12 nitrogen and oxygen atoms in total. The minimum Gasteiger partial charge on any atom is -0.507 e. The van der Waals surface area contributed by atoms with E-state index in [0.29, 0.717) is 16.7 Å². The number of rotatable bonds is 1. The highest BCUT2D eigenvalue weighted by Gasteiger charge is 2.71. The highest BCUT2D eigenvalue weighted by atomic mass is 16.8. The van der Waals surface area contributed by atoms with Crippen LogP contribution in [0.3, 0.4) is 0 Å². The first kappa shape index (κ1) is 21.7. The zero-order valence-corrected chi connectivity index (χ0v) is 19.0. The van der Waals surface area contributed by atoms with Crippen LogP contribution in [0.1, 0.15) is 49.8 Å². The molecule has 7 rings (SSSR count). The molecule has 1 fully saturated rings. The number of phenols is 3. The molecule has 12 heteroatoms. The Labute approximate surface area is 205 Å². The van der Waals surface area contributed by atoms with Gasteiger partial charge in [0.1, 0.15) is 23.0 Å². The van der Waals surface area contributed by atoms with E-state index in [1.807, 2.05) is 0 Å². The number of fused-ring (bicyclic) bond motifs is 7. The largest absolute Gasteiger partial charge is 0.507 e. The van der Waals surface area contributed by atoms with Crippen molar-refractivity contribution in [3.8, 4) is 28.7 Å². The van der Waals surface area contributed by atoms with E-state index < -0.39 is 81.0 Å². The molecular weight excluding hydrogens is 492 g/mol. The molecule has 1 aromatic heterocycles. The zero-order chi connectivity index (χ0) is 26.1. The van der Waals surface area contributed by atoms with Crippen LogP contribution in [0.2, 0.25) is 0 Å². The lowest BCUT2D eigenvalue weighted by Gasteiger charge is -2.34. The number of aliphatic hydroxyl groups is 1. The summed E-state index contributed by atoms with van der Waals surface area (Å²) < 4.78 is 27.6. The van der Waals surface area contributed by atoms with Crippen LogP contribution in [0.5, 0.6) is 28.7 Å². The van der Waals surface area contributed by atoms with Crippen molar-refractivity contribution in [1.29, 1.82) is 0 Å². The molecule has 0 radical (unpaired) electrons. The highest BCUT2D eigenvalue weighted by molar-refractivity contribution is 6.26. The fraction of sp³-hybridized carbons (Fsp3) is 0.240. The van der Waals surface area contributed by atoms with Crippen LogP contribution in [0.15, 0.2) is 33.2 Å². The minimum absolute atomic E-state index is 0.167. The second kappa shape index (κ2) is 6.60. The Hall–Kier alpha value is -4.55. The molecule has 4 atom stereocenters. The number of benzene rings is 2. The van der Waals surface area contributed by atoms with Crippen molar-refractivity contribution in [2.45, 2.75) is 31.0 Å². The standard InChI is InChI=1S/C25H16O12/c1-6-3-7-4-8-19(17(29)11(7)24(32)34-6)36-25(23-20(8)35-23)22(31)14-16(28)12-9(26)5-10(33-2)15(27)13(12)18(30)21(14)37-25/h3-5,20,22-23,28-31H,1-2H3/t20-,22-,23-,25?/m1/s1. The van der Waals surface area contributed by atoms with Crippen LogP contribution in [-0.2, 0) is 9.47 Å². The molecule has 0 bridgehead atoms. The third kappa shape index (κ3) is 2.45. The number of allylic oxidation sites excluding steroid dienone is 2. The van der Waals surface area contributed by atoms with Gasteiger partial charge in [-0.15, -0.1) is 0 Å². The van der Waals surface area contributed by atoms with Crippen LogP contribution in [-0.4, -0.2) is 51.0 Å². The molecule has 188 valence electrons. The number of aromatic hydroxyl groups is 3. The predicted molar refractivity (Wildman–Crippen MR) is 119 cm³/mol. The molecule has 1 saturated heterocycles. The van der Waals surface area contributed by atoms with Gasteiger partial charge >= 0.3 is 11.4 Å². The number of aryl methyl sites for hydroxylation is 1. The van der Waals surface area contributed by atoms with Crippen molar-refractivity contribution < 1.29 is 53.4 Å². The SMILES string of the molecule is COC1=CC(=O)c2c(O)c3c(c(O)c2C1=O)OC1(Oc2c(cc4cc(C)oc(=O)c4c2O)[C@H]2O[C@H]21)[C@@H]3O. The highest BCUT2D eigenvalue weighted by Crippen LogP contribution is 2.65. The molecule has 4 heterocycles. The molecule has 0 amide bonds.